The van der Waals surface area contributed by atoms with E-state index in [9.17, 15) is 10.4 Å². The molecular formula is C18H26N2O. The molecule has 0 spiro atoms. The maximum absolute atomic E-state index is 9.46. The zero-order valence-electron chi connectivity index (χ0n) is 13.1. The highest BCUT2D eigenvalue weighted by Crippen LogP contribution is 2.37. The van der Waals surface area contributed by atoms with Gasteiger partial charge in [-0.05, 0) is 51.1 Å². The van der Waals surface area contributed by atoms with E-state index in [4.69, 9.17) is 0 Å². The number of aliphatic hydroxyl groups excluding tert-OH is 1. The molecule has 0 aromatic heterocycles. The van der Waals surface area contributed by atoms with Crippen LogP contribution in [0, 0.1) is 17.2 Å². The summed E-state index contributed by atoms with van der Waals surface area (Å²) in [5.74, 6) is 0.666. The Bertz CT molecular complexity index is 466. The van der Waals surface area contributed by atoms with Crippen molar-refractivity contribution in [3.63, 3.8) is 0 Å². The van der Waals surface area contributed by atoms with Crippen molar-refractivity contribution in [2.24, 2.45) is 5.92 Å². The Hall–Kier alpha value is -1.37. The van der Waals surface area contributed by atoms with Gasteiger partial charge < -0.3 is 10.0 Å². The third-order valence-electron chi connectivity index (χ3n) is 4.72. The zero-order valence-corrected chi connectivity index (χ0v) is 13.1. The van der Waals surface area contributed by atoms with E-state index in [0.29, 0.717) is 12.0 Å². The van der Waals surface area contributed by atoms with Gasteiger partial charge in [0, 0.05) is 12.6 Å². The molecule has 3 heteroatoms. The average molecular weight is 286 g/mol. The molecule has 21 heavy (non-hydrogen) atoms. The standard InChI is InChI=1S/C18H26N2O/c1-14(21)10-11-20(2)18-12-16(8-9-17(18)13-19)15-6-4-3-5-7-15/h3-7,14,16-18,21H,8-12H2,1-2H3. The predicted octanol–water partition coefficient (Wildman–Crippen LogP) is 3.17. The molecule has 1 aliphatic carbocycles. The summed E-state index contributed by atoms with van der Waals surface area (Å²) in [7, 11) is 2.09. The van der Waals surface area contributed by atoms with Crippen LogP contribution in [0.2, 0.25) is 0 Å². The molecule has 1 fully saturated rings. The number of rotatable bonds is 5. The van der Waals surface area contributed by atoms with Gasteiger partial charge in [0.1, 0.15) is 0 Å². The summed E-state index contributed by atoms with van der Waals surface area (Å²) in [5.41, 5.74) is 1.39. The van der Waals surface area contributed by atoms with Crippen molar-refractivity contribution in [2.75, 3.05) is 13.6 Å². The zero-order chi connectivity index (χ0) is 15.2. The van der Waals surface area contributed by atoms with E-state index in [-0.39, 0.29) is 12.0 Å². The molecule has 0 aliphatic heterocycles. The van der Waals surface area contributed by atoms with E-state index in [0.717, 1.165) is 32.2 Å². The second-order valence-corrected chi connectivity index (χ2v) is 6.34. The minimum absolute atomic E-state index is 0.115. The van der Waals surface area contributed by atoms with Gasteiger partial charge in [-0.25, -0.2) is 0 Å². The van der Waals surface area contributed by atoms with Gasteiger partial charge in [0.15, 0.2) is 0 Å². The van der Waals surface area contributed by atoms with Crippen LogP contribution in [0.5, 0.6) is 0 Å². The van der Waals surface area contributed by atoms with Crippen LogP contribution in [0.4, 0.5) is 0 Å². The van der Waals surface area contributed by atoms with Gasteiger partial charge in [-0.1, -0.05) is 30.3 Å². The Morgan fingerprint density at radius 3 is 2.67 bits per heavy atom. The highest BCUT2D eigenvalue weighted by Gasteiger charge is 2.33. The van der Waals surface area contributed by atoms with Gasteiger partial charge in [0.05, 0.1) is 18.1 Å². The Labute approximate surface area is 128 Å². The first-order valence-electron chi connectivity index (χ1n) is 7.94. The van der Waals surface area contributed by atoms with Crippen LogP contribution in [0.1, 0.15) is 44.1 Å². The summed E-state index contributed by atoms with van der Waals surface area (Å²) in [6.45, 7) is 2.67. The average Bonchev–Trinajstić information content (AvgIpc) is 2.52. The maximum atomic E-state index is 9.46. The molecule has 114 valence electrons. The lowest BCUT2D eigenvalue weighted by Crippen LogP contribution is -2.42. The van der Waals surface area contributed by atoms with Crippen molar-refractivity contribution in [2.45, 2.75) is 50.7 Å². The van der Waals surface area contributed by atoms with E-state index in [1.165, 1.54) is 5.56 Å². The number of hydrogen-bond acceptors (Lipinski definition) is 3. The Morgan fingerprint density at radius 2 is 2.05 bits per heavy atom. The first-order valence-corrected chi connectivity index (χ1v) is 7.94. The third kappa shape index (κ3) is 4.30. The highest BCUT2D eigenvalue weighted by molar-refractivity contribution is 5.21. The number of nitrogens with zero attached hydrogens (tertiary/aromatic N) is 2. The van der Waals surface area contributed by atoms with E-state index in [2.05, 4.69) is 48.3 Å². The molecule has 1 saturated carbocycles. The Balaban J connectivity index is 2.04. The molecule has 4 atom stereocenters. The minimum atomic E-state index is -0.276. The summed E-state index contributed by atoms with van der Waals surface area (Å²) in [6, 6.07) is 13.4. The molecule has 0 bridgehead atoms. The molecule has 3 nitrogen and oxygen atoms in total. The fourth-order valence-electron chi connectivity index (χ4n) is 3.37. The summed E-state index contributed by atoms with van der Waals surface area (Å²) in [4.78, 5) is 2.27. The monoisotopic (exact) mass is 286 g/mol. The van der Waals surface area contributed by atoms with Crippen molar-refractivity contribution >= 4 is 0 Å². The number of hydrogen-bond donors (Lipinski definition) is 1. The topological polar surface area (TPSA) is 47.3 Å². The van der Waals surface area contributed by atoms with Crippen LogP contribution in [0.15, 0.2) is 30.3 Å². The molecule has 0 saturated heterocycles. The number of nitriles is 1. The lowest BCUT2D eigenvalue weighted by Gasteiger charge is -2.38. The smallest absolute Gasteiger partial charge is 0.0672 e. The SMILES string of the molecule is CC(O)CCN(C)C1CC(c2ccccc2)CCC1C#N. The molecule has 4 unspecified atom stereocenters. The van der Waals surface area contributed by atoms with Crippen molar-refractivity contribution in [1.82, 2.24) is 4.90 Å². The molecule has 1 N–H and O–H groups in total. The largest absolute Gasteiger partial charge is 0.393 e. The van der Waals surface area contributed by atoms with Gasteiger partial charge in [0.2, 0.25) is 0 Å². The van der Waals surface area contributed by atoms with Crippen molar-refractivity contribution in [1.29, 1.82) is 5.26 Å². The normalized spacial score (nSPS) is 27.3. The van der Waals surface area contributed by atoms with Crippen LogP contribution >= 0.6 is 0 Å². The predicted molar refractivity (Wildman–Crippen MR) is 84.9 cm³/mol. The second-order valence-electron chi connectivity index (χ2n) is 6.34. The second kappa shape index (κ2) is 7.59. The lowest BCUT2D eigenvalue weighted by atomic mass is 9.75. The molecule has 0 radical (unpaired) electrons. The van der Waals surface area contributed by atoms with Gasteiger partial charge in [-0.3, -0.25) is 0 Å². The molecule has 2 rings (SSSR count). The molecular weight excluding hydrogens is 260 g/mol. The van der Waals surface area contributed by atoms with Gasteiger partial charge in [-0.2, -0.15) is 5.26 Å². The van der Waals surface area contributed by atoms with Gasteiger partial charge in [-0.15, -0.1) is 0 Å². The summed E-state index contributed by atoms with van der Waals surface area (Å²) in [5, 5.41) is 18.9. The van der Waals surface area contributed by atoms with Crippen LogP contribution in [-0.2, 0) is 0 Å². The lowest BCUT2D eigenvalue weighted by molar-refractivity contribution is 0.114. The minimum Gasteiger partial charge on any atom is -0.393 e. The summed E-state index contributed by atoms with van der Waals surface area (Å²) < 4.78 is 0. The summed E-state index contributed by atoms with van der Waals surface area (Å²) >= 11 is 0. The van der Waals surface area contributed by atoms with Crippen LogP contribution in [0.3, 0.4) is 0 Å². The fourth-order valence-corrected chi connectivity index (χ4v) is 3.37. The van der Waals surface area contributed by atoms with Crippen molar-refractivity contribution in [3.8, 4) is 6.07 Å². The molecule has 0 heterocycles. The third-order valence-corrected chi connectivity index (χ3v) is 4.72. The summed E-state index contributed by atoms with van der Waals surface area (Å²) in [6.07, 6.45) is 3.60. The maximum Gasteiger partial charge on any atom is 0.0672 e. The fraction of sp³-hybridized carbons (Fsp3) is 0.611. The van der Waals surface area contributed by atoms with Gasteiger partial charge in [0.25, 0.3) is 0 Å². The number of benzene rings is 1. The van der Waals surface area contributed by atoms with Crippen LogP contribution in [-0.4, -0.2) is 35.7 Å². The Kier molecular flexibility index (Phi) is 5.78. The molecule has 0 amide bonds. The van der Waals surface area contributed by atoms with Crippen LogP contribution < -0.4 is 0 Å². The number of aliphatic hydroxyl groups is 1. The van der Waals surface area contributed by atoms with Crippen molar-refractivity contribution in [3.05, 3.63) is 35.9 Å². The molecule has 1 aliphatic rings. The molecule has 1 aromatic rings. The van der Waals surface area contributed by atoms with Crippen LogP contribution in [0.25, 0.3) is 0 Å². The van der Waals surface area contributed by atoms with Gasteiger partial charge >= 0.3 is 0 Å². The van der Waals surface area contributed by atoms with E-state index in [1.807, 2.05) is 6.92 Å². The first-order chi connectivity index (χ1) is 10.1. The highest BCUT2D eigenvalue weighted by atomic mass is 16.3. The van der Waals surface area contributed by atoms with Crippen molar-refractivity contribution < 1.29 is 5.11 Å². The van der Waals surface area contributed by atoms with E-state index in [1.54, 1.807) is 0 Å². The first kappa shape index (κ1) is 16.0. The van der Waals surface area contributed by atoms with E-state index < -0.39 is 0 Å². The quantitative estimate of drug-likeness (QED) is 0.904. The van der Waals surface area contributed by atoms with E-state index >= 15 is 0 Å². The Morgan fingerprint density at radius 1 is 1.33 bits per heavy atom. The molecule has 1 aromatic carbocycles.